The summed E-state index contributed by atoms with van der Waals surface area (Å²) in [7, 11) is -17.0. The Balaban J connectivity index is 2.31. The minimum Gasteiger partial charge on any atom is -0.387 e. The van der Waals surface area contributed by atoms with Crippen LogP contribution in [0.3, 0.4) is 0 Å². The Hall–Kier alpha value is -0.850. The number of ether oxygens (including phenoxy) is 1. The molecule has 33 heavy (non-hydrogen) atoms. The van der Waals surface area contributed by atoms with Gasteiger partial charge in [0.25, 0.3) is 0 Å². The van der Waals surface area contributed by atoms with Gasteiger partial charge in [0.1, 0.15) is 18.0 Å². The molecule has 7 atom stereocenters. The number of aliphatic hydroxyl groups excluding tert-OH is 1. The van der Waals surface area contributed by atoms with Gasteiger partial charge in [-0.15, -0.1) is 0 Å². The van der Waals surface area contributed by atoms with E-state index in [9.17, 15) is 33.4 Å². The van der Waals surface area contributed by atoms with E-state index in [1.54, 1.807) is 0 Å². The molecule has 0 aromatic carbocycles. The predicted octanol–water partition coefficient (Wildman–Crippen LogP) is -0.00710. The number of hydrogen-bond donors (Lipinski definition) is 6. The molecule has 4 unspecified atom stereocenters. The number of rotatable bonds is 8. The van der Waals surface area contributed by atoms with Crippen molar-refractivity contribution < 1.29 is 56.3 Å². The number of phosphoric acid groups is 3. The summed E-state index contributed by atoms with van der Waals surface area (Å²) in [5.41, 5.74) is 4.46. The molecule has 1 saturated heterocycles. The minimum absolute atomic E-state index is 0.143. The summed E-state index contributed by atoms with van der Waals surface area (Å²) in [5.74, 6) is 2.11. The lowest BCUT2D eigenvalue weighted by Gasteiger charge is -2.26. The van der Waals surface area contributed by atoms with Crippen LogP contribution >= 0.6 is 46.7 Å². The fourth-order valence-corrected chi connectivity index (χ4v) is 6.46. The number of aliphatic hydroxyl groups is 1. The number of phosphoric ester groups is 1. The van der Waals surface area contributed by atoms with Crippen LogP contribution in [0.15, 0.2) is 17.1 Å². The van der Waals surface area contributed by atoms with Crippen molar-refractivity contribution in [1.82, 2.24) is 9.55 Å². The van der Waals surface area contributed by atoms with E-state index in [0.29, 0.717) is 0 Å². The lowest BCUT2D eigenvalue weighted by molar-refractivity contribution is -0.0749. The average Bonchev–Trinajstić information content (AvgIpc) is 2.83. The van der Waals surface area contributed by atoms with Gasteiger partial charge in [0.05, 0.1) is 6.10 Å². The van der Waals surface area contributed by atoms with Gasteiger partial charge in [-0.3, -0.25) is 9.09 Å². The third-order valence-corrected chi connectivity index (χ3v) is 8.43. The first-order valence-electron chi connectivity index (χ1n) is 8.23. The highest BCUT2D eigenvalue weighted by Crippen LogP contribution is 2.66. The summed E-state index contributed by atoms with van der Waals surface area (Å²) in [5, 5.41) is 12.6. The second-order valence-corrected chi connectivity index (χ2v) is 11.5. The van der Waals surface area contributed by atoms with Crippen LogP contribution in [0.25, 0.3) is 0 Å². The van der Waals surface area contributed by atoms with Crippen molar-refractivity contribution in [3.63, 3.8) is 0 Å². The third-order valence-electron chi connectivity index (χ3n) is 3.91. The van der Waals surface area contributed by atoms with Crippen molar-refractivity contribution in [2.75, 3.05) is 5.73 Å². The van der Waals surface area contributed by atoms with E-state index in [4.69, 9.17) is 43.5 Å². The monoisotopic (exact) mass is 573 g/mol. The van der Waals surface area contributed by atoms with Crippen molar-refractivity contribution in [3.05, 3.63) is 22.7 Å². The predicted molar refractivity (Wildman–Crippen MR) is 109 cm³/mol. The summed E-state index contributed by atoms with van der Waals surface area (Å²) < 4.78 is 52.4. The molecule has 0 saturated carbocycles. The number of nitrogen functional groups attached to an aromatic ring is 1. The van der Waals surface area contributed by atoms with Crippen molar-refractivity contribution in [3.8, 4) is 11.3 Å². The van der Waals surface area contributed by atoms with Crippen LogP contribution in [0.4, 0.5) is 5.82 Å². The number of anilines is 1. The Morgan fingerprint density at radius 3 is 2.39 bits per heavy atom. The highest BCUT2D eigenvalue weighted by Gasteiger charge is 2.58. The first-order chi connectivity index (χ1) is 14.9. The maximum Gasteiger partial charge on any atom is 0.490 e. The Bertz CT molecular complexity index is 1160. The third kappa shape index (κ3) is 7.08. The Morgan fingerprint density at radius 2 is 1.88 bits per heavy atom. The van der Waals surface area contributed by atoms with Crippen LogP contribution in [-0.4, -0.2) is 57.4 Å². The van der Waals surface area contributed by atoms with Gasteiger partial charge in [0.15, 0.2) is 11.1 Å². The van der Waals surface area contributed by atoms with Gasteiger partial charge in [-0.1, -0.05) is 17.5 Å². The summed E-state index contributed by atoms with van der Waals surface area (Å²) in [4.78, 5) is 49.6. The van der Waals surface area contributed by atoms with Crippen LogP contribution in [0.2, 0.25) is 0 Å². The topological polar surface area (TPSA) is 250 Å². The molecular formula is C12H16Cl2N3O13P3. The largest absolute Gasteiger partial charge is 0.490 e. The molecule has 16 nitrogen and oxygen atoms in total. The summed E-state index contributed by atoms with van der Waals surface area (Å²) in [6.07, 6.45) is -5.65. The van der Waals surface area contributed by atoms with Crippen molar-refractivity contribution in [1.29, 1.82) is 0 Å². The van der Waals surface area contributed by atoms with Gasteiger partial charge >= 0.3 is 29.2 Å². The van der Waals surface area contributed by atoms with E-state index in [-0.39, 0.29) is 5.82 Å². The number of nitrogens with zero attached hydrogens (tertiary/aromatic N) is 2. The minimum atomic E-state index is -5.78. The van der Waals surface area contributed by atoms with E-state index in [2.05, 4.69) is 24.0 Å². The second-order valence-electron chi connectivity index (χ2n) is 6.33. The van der Waals surface area contributed by atoms with Gasteiger partial charge in [-0.25, -0.2) is 18.5 Å². The first-order valence-corrected chi connectivity index (χ1v) is 13.5. The first kappa shape index (κ1) is 28.4. The molecule has 0 amide bonds. The van der Waals surface area contributed by atoms with Gasteiger partial charge < -0.3 is 35.2 Å². The second kappa shape index (κ2) is 10.0. The normalized spacial score (nSPS) is 30.0. The molecule has 0 aliphatic carbocycles. The zero-order valence-corrected chi connectivity index (χ0v) is 20.2. The molecule has 0 radical (unpaired) electrons. The van der Waals surface area contributed by atoms with E-state index < -0.39 is 58.6 Å². The maximum absolute atomic E-state index is 12.2. The fraction of sp³-hybridized carbons (Fsp3) is 0.500. The fourth-order valence-electron chi connectivity index (χ4n) is 2.72. The molecule has 186 valence electrons. The molecular weight excluding hydrogens is 558 g/mol. The van der Waals surface area contributed by atoms with Crippen LogP contribution in [0, 0.1) is 11.3 Å². The molecule has 0 spiro atoms. The molecule has 1 aliphatic heterocycles. The van der Waals surface area contributed by atoms with Crippen LogP contribution < -0.4 is 11.4 Å². The van der Waals surface area contributed by atoms with E-state index in [0.717, 1.165) is 17.7 Å². The molecule has 2 rings (SSSR count). The summed E-state index contributed by atoms with van der Waals surface area (Å²) in [6.45, 7) is 1.03. The molecule has 1 aliphatic rings. The maximum atomic E-state index is 12.2. The van der Waals surface area contributed by atoms with Crippen LogP contribution in [0.1, 0.15) is 13.2 Å². The molecule has 1 aromatic rings. The smallest absolute Gasteiger partial charge is 0.387 e. The molecule has 21 heteroatoms. The summed E-state index contributed by atoms with van der Waals surface area (Å²) in [6, 6.07) is 1.20. The van der Waals surface area contributed by atoms with Gasteiger partial charge in [0.2, 0.25) is 0 Å². The van der Waals surface area contributed by atoms with Gasteiger partial charge in [-0.2, -0.15) is 13.6 Å². The van der Waals surface area contributed by atoms with Crippen LogP contribution in [0.5, 0.6) is 0 Å². The quantitative estimate of drug-likeness (QED) is 0.136. The molecule has 2 heterocycles. The van der Waals surface area contributed by atoms with E-state index in [1.807, 2.05) is 5.38 Å². The number of nitrogens with two attached hydrogens (primary N) is 1. The SMILES string of the molecule is C[C@H](OP(=O)(O)OP(=O)(O)OP(=O)(O)O)[C@H]1O[C@@H](n2ccc(N)nc2=O)C(Cl)(C#CCl)C1O. The van der Waals surface area contributed by atoms with E-state index >= 15 is 0 Å². The van der Waals surface area contributed by atoms with Gasteiger partial charge in [0, 0.05) is 11.6 Å². The average molecular weight is 574 g/mol. The van der Waals surface area contributed by atoms with Crippen molar-refractivity contribution in [2.24, 2.45) is 0 Å². The van der Waals surface area contributed by atoms with Gasteiger partial charge in [-0.05, 0) is 24.6 Å². The standard InChI is InChI=1S/C12H16Cl2N3O13P3/c1-6(28-32(23,24)30-33(25,26)29-31(20,21)22)8-9(18)12(14,3-4-13)10(27-8)17-5-2-7(15)16-11(17)19/h2,5-6,8-10,18H,1H3,(H,23,24)(H,25,26)(H2,15,16,19)(H2,20,21,22)/t6-,8+,9?,10+,12?/m0/s1. The van der Waals surface area contributed by atoms with Crippen LogP contribution in [-0.2, 0) is 31.6 Å². The zero-order chi connectivity index (χ0) is 25.4. The summed E-state index contributed by atoms with van der Waals surface area (Å²) >= 11 is 11.8. The highest BCUT2D eigenvalue weighted by molar-refractivity contribution is 7.66. The Labute approximate surface area is 194 Å². The highest BCUT2D eigenvalue weighted by atomic mass is 35.5. The molecule has 1 aromatic heterocycles. The number of hydrogen-bond acceptors (Lipinski definition) is 11. The molecule has 1 fully saturated rings. The lowest BCUT2D eigenvalue weighted by Crippen LogP contribution is -2.45. The number of halogens is 2. The number of alkyl halides is 1. The molecule has 7 N–H and O–H groups in total. The zero-order valence-electron chi connectivity index (χ0n) is 16.0. The lowest BCUT2D eigenvalue weighted by atomic mass is 9.97. The molecule has 0 bridgehead atoms. The number of aromatic nitrogens is 2. The Morgan fingerprint density at radius 1 is 1.27 bits per heavy atom. The van der Waals surface area contributed by atoms with Crippen molar-refractivity contribution >= 4 is 52.5 Å². The van der Waals surface area contributed by atoms with Crippen molar-refractivity contribution in [2.45, 2.75) is 36.3 Å². The van der Waals surface area contributed by atoms with E-state index in [1.165, 1.54) is 6.07 Å². The Kier molecular flexibility index (Phi) is 8.62.